The summed E-state index contributed by atoms with van der Waals surface area (Å²) < 4.78 is 7.33. The molecule has 28 heavy (non-hydrogen) atoms. The van der Waals surface area contributed by atoms with E-state index >= 15 is 0 Å². The number of nitrogens with zero attached hydrogens (tertiary/aromatic N) is 6. The van der Waals surface area contributed by atoms with Crippen molar-refractivity contribution in [3.8, 4) is 17.1 Å². The monoisotopic (exact) mass is 375 g/mol. The molecule has 0 atom stereocenters. The molecule has 4 aromatic rings. The molecule has 3 aromatic heterocycles. The van der Waals surface area contributed by atoms with Crippen molar-refractivity contribution in [2.45, 2.75) is 19.4 Å². The van der Waals surface area contributed by atoms with Crippen LogP contribution in [0, 0.1) is 0 Å². The van der Waals surface area contributed by atoms with Crippen molar-refractivity contribution < 1.29 is 4.74 Å². The first-order valence-electron chi connectivity index (χ1n) is 9.41. The van der Waals surface area contributed by atoms with E-state index in [4.69, 9.17) is 4.74 Å². The van der Waals surface area contributed by atoms with Crippen molar-refractivity contribution in [3.05, 3.63) is 48.8 Å². The van der Waals surface area contributed by atoms with Gasteiger partial charge in [-0.3, -0.25) is 0 Å². The average Bonchev–Trinajstić information content (AvgIpc) is 3.48. The molecule has 0 aliphatic carbocycles. The summed E-state index contributed by atoms with van der Waals surface area (Å²) in [4.78, 5) is 23.8. The van der Waals surface area contributed by atoms with Crippen LogP contribution in [0.15, 0.2) is 43.0 Å². The highest BCUT2D eigenvalue weighted by Gasteiger charge is 2.16. The van der Waals surface area contributed by atoms with Crippen molar-refractivity contribution >= 4 is 17.0 Å². The van der Waals surface area contributed by atoms with E-state index in [9.17, 15) is 0 Å². The summed E-state index contributed by atoms with van der Waals surface area (Å²) in [6, 6.07) is 5.81. The fourth-order valence-electron chi connectivity index (χ4n) is 3.62. The molecule has 8 heteroatoms. The van der Waals surface area contributed by atoms with Gasteiger partial charge in [-0.1, -0.05) is 0 Å². The van der Waals surface area contributed by atoms with Crippen LogP contribution >= 0.6 is 0 Å². The van der Waals surface area contributed by atoms with Gasteiger partial charge in [0.15, 0.2) is 0 Å². The number of methoxy groups -OCH3 is 1. The van der Waals surface area contributed by atoms with Crippen LogP contribution in [0.3, 0.4) is 0 Å². The Labute approximate surface area is 162 Å². The number of imidazole rings is 2. The fourth-order valence-corrected chi connectivity index (χ4v) is 3.62. The maximum Gasteiger partial charge on any atom is 0.225 e. The maximum absolute atomic E-state index is 5.28. The van der Waals surface area contributed by atoms with Gasteiger partial charge in [-0.15, -0.1) is 0 Å². The zero-order valence-electron chi connectivity index (χ0n) is 15.7. The summed E-state index contributed by atoms with van der Waals surface area (Å²) in [6.45, 7) is 2.65. The number of aromatic nitrogens is 6. The van der Waals surface area contributed by atoms with Crippen LogP contribution in [0.5, 0.6) is 5.75 Å². The van der Waals surface area contributed by atoms with Gasteiger partial charge in [0.2, 0.25) is 5.95 Å². The third-order valence-electron chi connectivity index (χ3n) is 5.06. The van der Waals surface area contributed by atoms with E-state index in [2.05, 4.69) is 29.8 Å². The number of ether oxygens (including phenoxy) is 1. The minimum Gasteiger partial charge on any atom is -0.497 e. The number of benzene rings is 1. The largest absolute Gasteiger partial charge is 0.497 e. The Kier molecular flexibility index (Phi) is 4.16. The third-order valence-corrected chi connectivity index (χ3v) is 5.06. The van der Waals surface area contributed by atoms with Gasteiger partial charge in [-0.2, -0.15) is 0 Å². The Hall–Kier alpha value is -3.42. The van der Waals surface area contributed by atoms with Crippen LogP contribution in [0.4, 0.5) is 5.95 Å². The van der Waals surface area contributed by atoms with Crippen LogP contribution in [0.25, 0.3) is 22.4 Å². The number of aromatic amines is 1. The molecule has 0 bridgehead atoms. The number of rotatable bonds is 5. The molecule has 1 aromatic carbocycles. The predicted molar refractivity (Wildman–Crippen MR) is 106 cm³/mol. The van der Waals surface area contributed by atoms with E-state index in [0.717, 1.165) is 53.0 Å². The van der Waals surface area contributed by atoms with Gasteiger partial charge in [-0.25, -0.2) is 19.9 Å². The molecule has 1 N–H and O–H groups in total. The molecule has 8 nitrogen and oxygen atoms in total. The van der Waals surface area contributed by atoms with Gasteiger partial charge >= 0.3 is 0 Å². The van der Waals surface area contributed by atoms with E-state index in [1.54, 1.807) is 13.3 Å². The third kappa shape index (κ3) is 3.06. The van der Waals surface area contributed by atoms with E-state index < -0.39 is 0 Å². The summed E-state index contributed by atoms with van der Waals surface area (Å²) in [7, 11) is 1.66. The second kappa shape index (κ2) is 6.95. The SMILES string of the molecule is COc1ccc2nc(Cn3ccnc3-c3cnc(N4CCCC4)nc3)[nH]c2c1. The Morgan fingerprint density at radius 3 is 2.71 bits per heavy atom. The lowest BCUT2D eigenvalue weighted by Gasteiger charge is -2.14. The van der Waals surface area contributed by atoms with Gasteiger partial charge in [0, 0.05) is 43.9 Å². The number of hydrogen-bond donors (Lipinski definition) is 1. The lowest BCUT2D eigenvalue weighted by molar-refractivity contribution is 0.415. The van der Waals surface area contributed by atoms with Crippen LogP contribution in [-0.2, 0) is 6.54 Å². The van der Waals surface area contributed by atoms with E-state index in [0.29, 0.717) is 6.54 Å². The Morgan fingerprint density at radius 2 is 1.93 bits per heavy atom. The van der Waals surface area contributed by atoms with Crippen LogP contribution in [0.1, 0.15) is 18.7 Å². The number of hydrogen-bond acceptors (Lipinski definition) is 6. The van der Waals surface area contributed by atoms with Gasteiger partial charge in [0.05, 0.1) is 30.3 Å². The zero-order valence-corrected chi connectivity index (χ0v) is 15.7. The second-order valence-electron chi connectivity index (χ2n) is 6.91. The standard InChI is InChI=1S/C20H21N7O/c1-28-15-4-5-16-17(10-15)25-18(24-16)13-27-9-6-21-19(27)14-11-22-20(23-12-14)26-7-2-3-8-26/h4-6,9-12H,2-3,7-8,13H2,1H3,(H,24,25). The highest BCUT2D eigenvalue weighted by molar-refractivity contribution is 5.76. The molecule has 1 fully saturated rings. The molecular weight excluding hydrogens is 354 g/mol. The van der Waals surface area contributed by atoms with Crippen LogP contribution in [-0.4, -0.2) is 49.7 Å². The van der Waals surface area contributed by atoms with Crippen molar-refractivity contribution in [2.24, 2.45) is 0 Å². The molecule has 1 saturated heterocycles. The van der Waals surface area contributed by atoms with Gasteiger partial charge in [0.25, 0.3) is 0 Å². The second-order valence-corrected chi connectivity index (χ2v) is 6.91. The summed E-state index contributed by atoms with van der Waals surface area (Å²) >= 11 is 0. The lowest BCUT2D eigenvalue weighted by Crippen LogP contribution is -2.20. The van der Waals surface area contributed by atoms with Gasteiger partial charge < -0.3 is 19.2 Å². The van der Waals surface area contributed by atoms with E-state index in [-0.39, 0.29) is 0 Å². The Bertz CT molecular complexity index is 1090. The van der Waals surface area contributed by atoms with Crippen molar-refractivity contribution in [2.75, 3.05) is 25.1 Å². The smallest absolute Gasteiger partial charge is 0.225 e. The molecule has 5 rings (SSSR count). The number of fused-ring (bicyclic) bond motifs is 1. The molecule has 142 valence electrons. The Balaban J connectivity index is 1.40. The molecule has 1 aliphatic heterocycles. The topological polar surface area (TPSA) is 84.8 Å². The quantitative estimate of drug-likeness (QED) is 0.577. The fraction of sp³-hybridized carbons (Fsp3) is 0.300. The number of anilines is 1. The first kappa shape index (κ1) is 16.7. The van der Waals surface area contributed by atoms with Crippen molar-refractivity contribution in [3.63, 3.8) is 0 Å². The maximum atomic E-state index is 5.28. The molecule has 4 heterocycles. The first-order valence-corrected chi connectivity index (χ1v) is 9.41. The molecule has 0 radical (unpaired) electrons. The van der Waals surface area contributed by atoms with E-state index in [1.807, 2.05) is 41.4 Å². The highest BCUT2D eigenvalue weighted by atomic mass is 16.5. The number of nitrogens with one attached hydrogen (secondary N) is 1. The number of H-pyrrole nitrogens is 1. The first-order chi connectivity index (χ1) is 13.8. The minimum atomic E-state index is 0.584. The van der Waals surface area contributed by atoms with Crippen molar-refractivity contribution in [1.82, 2.24) is 29.5 Å². The summed E-state index contributed by atoms with van der Waals surface area (Å²) in [5, 5.41) is 0. The molecule has 0 saturated carbocycles. The van der Waals surface area contributed by atoms with Crippen LogP contribution in [0.2, 0.25) is 0 Å². The molecular formula is C20H21N7O. The summed E-state index contributed by atoms with van der Waals surface area (Å²) in [6.07, 6.45) is 9.84. The lowest BCUT2D eigenvalue weighted by atomic mass is 10.3. The zero-order chi connectivity index (χ0) is 18.9. The molecule has 0 amide bonds. The summed E-state index contributed by atoms with van der Waals surface area (Å²) in [5.74, 6) is 3.29. The predicted octanol–water partition coefficient (Wildman–Crippen LogP) is 2.87. The molecule has 0 spiro atoms. The summed E-state index contributed by atoms with van der Waals surface area (Å²) in [5.41, 5.74) is 2.76. The molecule has 1 aliphatic rings. The van der Waals surface area contributed by atoms with Gasteiger partial charge in [-0.05, 0) is 25.0 Å². The average molecular weight is 375 g/mol. The van der Waals surface area contributed by atoms with Crippen LogP contribution < -0.4 is 9.64 Å². The van der Waals surface area contributed by atoms with E-state index in [1.165, 1.54) is 12.8 Å². The highest BCUT2D eigenvalue weighted by Crippen LogP contribution is 2.22. The molecule has 0 unspecified atom stereocenters. The Morgan fingerprint density at radius 1 is 1.11 bits per heavy atom. The van der Waals surface area contributed by atoms with Gasteiger partial charge in [0.1, 0.15) is 17.4 Å². The van der Waals surface area contributed by atoms with Crippen molar-refractivity contribution in [1.29, 1.82) is 0 Å². The normalized spacial score (nSPS) is 14.1. The minimum absolute atomic E-state index is 0.584.